The molecular weight excluding hydrogens is 244 g/mol. The average molecular weight is 259 g/mol. The van der Waals surface area contributed by atoms with Crippen LogP contribution < -0.4 is 11.1 Å². The first-order chi connectivity index (χ1) is 7.63. The monoisotopic (exact) mass is 258 g/mol. The summed E-state index contributed by atoms with van der Waals surface area (Å²) in [6.07, 6.45) is 5.99. The van der Waals surface area contributed by atoms with Gasteiger partial charge >= 0.3 is 0 Å². The first-order valence-corrected chi connectivity index (χ1v) is 6.83. The summed E-state index contributed by atoms with van der Waals surface area (Å²) in [5.74, 6) is 0.916. The van der Waals surface area contributed by atoms with Crippen molar-refractivity contribution in [3.8, 4) is 0 Å². The number of thioether (sulfide) groups is 1. The summed E-state index contributed by atoms with van der Waals surface area (Å²) in [6.45, 7) is 0.904. The van der Waals surface area contributed by atoms with Crippen LogP contribution in [0.5, 0.6) is 0 Å². The van der Waals surface area contributed by atoms with Crippen LogP contribution in [-0.2, 0) is 0 Å². The number of halogens is 1. The van der Waals surface area contributed by atoms with Gasteiger partial charge in [0.2, 0.25) is 5.95 Å². The van der Waals surface area contributed by atoms with Gasteiger partial charge in [-0.15, -0.1) is 0 Å². The molecule has 0 radical (unpaired) electrons. The van der Waals surface area contributed by atoms with Gasteiger partial charge in [0.15, 0.2) is 0 Å². The summed E-state index contributed by atoms with van der Waals surface area (Å²) in [5, 5.41) is 3.66. The summed E-state index contributed by atoms with van der Waals surface area (Å²) < 4.78 is 0.367. The van der Waals surface area contributed by atoms with Crippen LogP contribution in [0.1, 0.15) is 19.3 Å². The van der Waals surface area contributed by atoms with E-state index in [9.17, 15) is 0 Å². The predicted molar refractivity (Wildman–Crippen MR) is 70.0 cm³/mol. The van der Waals surface area contributed by atoms with Gasteiger partial charge in [-0.05, 0) is 19.1 Å². The second-order valence-electron chi connectivity index (χ2n) is 4.03. The standard InChI is InChI=1S/C10H15ClN4S/c1-16-10(3-2-4-10)6-13-8-5-7(11)14-9(12)15-8/h5H,2-4,6H2,1H3,(H3,12,13,14,15). The minimum Gasteiger partial charge on any atom is -0.368 e. The Bertz CT molecular complexity index is 355. The van der Waals surface area contributed by atoms with Gasteiger partial charge in [0.05, 0.1) is 0 Å². The Kier molecular flexibility index (Phi) is 3.44. The number of anilines is 2. The molecule has 16 heavy (non-hydrogen) atoms. The Balaban J connectivity index is 1.98. The third-order valence-electron chi connectivity index (χ3n) is 3.00. The first kappa shape index (κ1) is 11.8. The van der Waals surface area contributed by atoms with E-state index in [2.05, 4.69) is 21.5 Å². The Morgan fingerprint density at radius 3 is 2.81 bits per heavy atom. The van der Waals surface area contributed by atoms with Crippen molar-refractivity contribution >= 4 is 35.1 Å². The van der Waals surface area contributed by atoms with E-state index in [1.54, 1.807) is 6.07 Å². The number of nitrogens with zero attached hydrogens (tertiary/aromatic N) is 2. The molecule has 1 fully saturated rings. The fourth-order valence-corrected chi connectivity index (χ4v) is 2.90. The minimum absolute atomic E-state index is 0.210. The Labute approximate surface area is 104 Å². The van der Waals surface area contributed by atoms with Crippen molar-refractivity contribution in [2.24, 2.45) is 0 Å². The first-order valence-electron chi connectivity index (χ1n) is 5.23. The summed E-state index contributed by atoms with van der Waals surface area (Å²) in [5.41, 5.74) is 5.53. The molecule has 1 saturated carbocycles. The molecule has 1 aromatic heterocycles. The fraction of sp³-hybridized carbons (Fsp3) is 0.600. The van der Waals surface area contributed by atoms with Gasteiger partial charge in [0, 0.05) is 17.4 Å². The van der Waals surface area contributed by atoms with Gasteiger partial charge in [-0.2, -0.15) is 16.7 Å². The molecule has 0 atom stereocenters. The molecule has 1 aliphatic rings. The normalized spacial score (nSPS) is 17.9. The maximum absolute atomic E-state index is 5.81. The Morgan fingerprint density at radius 2 is 2.31 bits per heavy atom. The zero-order valence-corrected chi connectivity index (χ0v) is 10.7. The van der Waals surface area contributed by atoms with Crippen LogP contribution in [0, 0.1) is 0 Å². The van der Waals surface area contributed by atoms with E-state index in [0.717, 1.165) is 6.54 Å². The molecular formula is C10H15ClN4S. The molecule has 0 bridgehead atoms. The second-order valence-corrected chi connectivity index (χ2v) is 5.69. The minimum atomic E-state index is 0.210. The fourth-order valence-electron chi connectivity index (χ4n) is 1.80. The molecule has 0 unspecified atom stereocenters. The highest BCUT2D eigenvalue weighted by atomic mass is 35.5. The van der Waals surface area contributed by atoms with E-state index in [0.29, 0.717) is 15.7 Å². The maximum Gasteiger partial charge on any atom is 0.223 e. The van der Waals surface area contributed by atoms with E-state index >= 15 is 0 Å². The van der Waals surface area contributed by atoms with Gasteiger partial charge in [-0.3, -0.25) is 0 Å². The van der Waals surface area contributed by atoms with Crippen molar-refractivity contribution in [3.05, 3.63) is 11.2 Å². The van der Waals surface area contributed by atoms with E-state index in [-0.39, 0.29) is 5.95 Å². The van der Waals surface area contributed by atoms with Crippen molar-refractivity contribution in [1.29, 1.82) is 0 Å². The van der Waals surface area contributed by atoms with Gasteiger partial charge in [-0.1, -0.05) is 18.0 Å². The second kappa shape index (κ2) is 4.67. The maximum atomic E-state index is 5.81. The van der Waals surface area contributed by atoms with Crippen molar-refractivity contribution < 1.29 is 0 Å². The topological polar surface area (TPSA) is 63.8 Å². The van der Waals surface area contributed by atoms with Gasteiger partial charge in [0.25, 0.3) is 0 Å². The zero-order chi connectivity index (χ0) is 11.6. The van der Waals surface area contributed by atoms with Crippen LogP contribution in [0.25, 0.3) is 0 Å². The summed E-state index contributed by atoms with van der Waals surface area (Å²) in [4.78, 5) is 7.91. The SMILES string of the molecule is CSC1(CNc2cc(Cl)nc(N)n2)CCC1. The molecule has 1 heterocycles. The quantitative estimate of drug-likeness (QED) is 0.812. The van der Waals surface area contributed by atoms with Crippen LogP contribution in [0.15, 0.2) is 6.07 Å². The number of rotatable bonds is 4. The number of hydrogen-bond acceptors (Lipinski definition) is 5. The Hall–Kier alpha value is -0.680. The number of nitrogens with one attached hydrogen (secondary N) is 1. The zero-order valence-electron chi connectivity index (χ0n) is 9.16. The van der Waals surface area contributed by atoms with E-state index in [1.807, 2.05) is 11.8 Å². The molecule has 0 aliphatic heterocycles. The number of aromatic nitrogens is 2. The molecule has 0 amide bonds. The molecule has 2 rings (SSSR count). The molecule has 0 aromatic carbocycles. The smallest absolute Gasteiger partial charge is 0.223 e. The average Bonchev–Trinajstić information content (AvgIpc) is 2.15. The van der Waals surface area contributed by atoms with E-state index < -0.39 is 0 Å². The third-order valence-corrected chi connectivity index (χ3v) is 4.61. The molecule has 0 saturated heterocycles. The highest BCUT2D eigenvalue weighted by molar-refractivity contribution is 8.00. The number of nitrogen functional groups attached to an aromatic ring is 1. The van der Waals surface area contributed by atoms with Gasteiger partial charge < -0.3 is 11.1 Å². The lowest BCUT2D eigenvalue weighted by Crippen LogP contribution is -2.40. The lowest BCUT2D eigenvalue weighted by Gasteiger charge is -2.40. The molecule has 4 nitrogen and oxygen atoms in total. The highest BCUT2D eigenvalue weighted by Crippen LogP contribution is 2.42. The highest BCUT2D eigenvalue weighted by Gasteiger charge is 2.35. The van der Waals surface area contributed by atoms with Gasteiger partial charge in [-0.25, -0.2) is 4.98 Å². The van der Waals surface area contributed by atoms with Crippen molar-refractivity contribution in [1.82, 2.24) is 9.97 Å². The lowest BCUT2D eigenvalue weighted by atomic mass is 9.84. The molecule has 0 spiro atoms. The molecule has 3 N–H and O–H groups in total. The number of nitrogens with two attached hydrogens (primary N) is 1. The van der Waals surface area contributed by atoms with Crippen LogP contribution >= 0.6 is 23.4 Å². The van der Waals surface area contributed by atoms with E-state index in [1.165, 1.54) is 19.3 Å². The van der Waals surface area contributed by atoms with Crippen molar-refractivity contribution in [2.75, 3.05) is 23.9 Å². The van der Waals surface area contributed by atoms with Crippen molar-refractivity contribution in [3.63, 3.8) is 0 Å². The van der Waals surface area contributed by atoms with E-state index in [4.69, 9.17) is 17.3 Å². The lowest BCUT2D eigenvalue weighted by molar-refractivity contribution is 0.379. The summed E-state index contributed by atoms with van der Waals surface area (Å²) >= 11 is 7.72. The van der Waals surface area contributed by atoms with Crippen LogP contribution in [0.3, 0.4) is 0 Å². The third kappa shape index (κ3) is 2.52. The largest absolute Gasteiger partial charge is 0.368 e. The van der Waals surface area contributed by atoms with Gasteiger partial charge in [0.1, 0.15) is 11.0 Å². The number of hydrogen-bond donors (Lipinski definition) is 2. The molecule has 1 aromatic rings. The summed E-state index contributed by atoms with van der Waals surface area (Å²) in [7, 11) is 0. The molecule has 1 aliphatic carbocycles. The molecule has 88 valence electrons. The molecule has 6 heteroatoms. The predicted octanol–water partition coefficient (Wildman–Crippen LogP) is 2.41. The van der Waals surface area contributed by atoms with Crippen LogP contribution in [-0.4, -0.2) is 27.5 Å². The van der Waals surface area contributed by atoms with Crippen molar-refractivity contribution in [2.45, 2.75) is 24.0 Å². The Morgan fingerprint density at radius 1 is 1.56 bits per heavy atom. The van der Waals surface area contributed by atoms with Crippen LogP contribution in [0.4, 0.5) is 11.8 Å². The summed E-state index contributed by atoms with van der Waals surface area (Å²) in [6, 6.07) is 1.70. The van der Waals surface area contributed by atoms with Crippen LogP contribution in [0.2, 0.25) is 5.15 Å².